The van der Waals surface area contributed by atoms with Crippen LogP contribution in [0.3, 0.4) is 0 Å². The van der Waals surface area contributed by atoms with E-state index in [0.29, 0.717) is 6.61 Å². The molecule has 1 amide bonds. The SMILES string of the molecule is CCN(C)C(=O)COCCC1CCNC1. The maximum atomic E-state index is 11.4. The minimum absolute atomic E-state index is 0.0713. The number of carbonyl (C=O) groups is 1. The third kappa shape index (κ3) is 4.62. The van der Waals surface area contributed by atoms with E-state index in [2.05, 4.69) is 5.32 Å². The van der Waals surface area contributed by atoms with E-state index in [1.165, 1.54) is 6.42 Å². The van der Waals surface area contributed by atoms with Crippen molar-refractivity contribution >= 4 is 5.91 Å². The van der Waals surface area contributed by atoms with Crippen LogP contribution < -0.4 is 5.32 Å². The Morgan fingerprint density at radius 3 is 3.00 bits per heavy atom. The molecule has 1 aliphatic heterocycles. The van der Waals surface area contributed by atoms with Crippen LogP contribution in [0.25, 0.3) is 0 Å². The third-order valence-electron chi connectivity index (χ3n) is 2.96. The fourth-order valence-corrected chi connectivity index (χ4v) is 1.66. The van der Waals surface area contributed by atoms with Crippen molar-refractivity contribution in [3.8, 4) is 0 Å². The summed E-state index contributed by atoms with van der Waals surface area (Å²) in [6.07, 6.45) is 2.31. The molecular formula is C11H22N2O2. The lowest BCUT2D eigenvalue weighted by Gasteiger charge is -2.14. The van der Waals surface area contributed by atoms with Crippen molar-refractivity contribution < 1.29 is 9.53 Å². The first-order chi connectivity index (χ1) is 7.24. The molecule has 0 bridgehead atoms. The number of nitrogens with one attached hydrogen (secondary N) is 1. The van der Waals surface area contributed by atoms with Crippen LogP contribution in [-0.2, 0) is 9.53 Å². The van der Waals surface area contributed by atoms with Gasteiger partial charge in [-0.05, 0) is 38.8 Å². The van der Waals surface area contributed by atoms with Gasteiger partial charge in [0.1, 0.15) is 6.61 Å². The van der Waals surface area contributed by atoms with E-state index in [9.17, 15) is 4.79 Å². The third-order valence-corrected chi connectivity index (χ3v) is 2.96. The van der Waals surface area contributed by atoms with Crippen LogP contribution in [0.5, 0.6) is 0 Å². The van der Waals surface area contributed by atoms with Crippen LogP contribution in [0, 0.1) is 5.92 Å². The lowest BCUT2D eigenvalue weighted by Crippen LogP contribution is -2.30. The van der Waals surface area contributed by atoms with E-state index in [0.717, 1.165) is 32.0 Å². The summed E-state index contributed by atoms with van der Waals surface area (Å²) in [5, 5.41) is 3.32. The molecule has 1 N–H and O–H groups in total. The fraction of sp³-hybridized carbons (Fsp3) is 0.909. The van der Waals surface area contributed by atoms with E-state index >= 15 is 0 Å². The Balaban J connectivity index is 1.98. The van der Waals surface area contributed by atoms with E-state index in [-0.39, 0.29) is 12.5 Å². The van der Waals surface area contributed by atoms with Gasteiger partial charge in [-0.3, -0.25) is 4.79 Å². The van der Waals surface area contributed by atoms with Crippen LogP contribution in [0.2, 0.25) is 0 Å². The Morgan fingerprint density at radius 1 is 1.60 bits per heavy atom. The van der Waals surface area contributed by atoms with Gasteiger partial charge in [-0.2, -0.15) is 0 Å². The van der Waals surface area contributed by atoms with Gasteiger partial charge in [-0.1, -0.05) is 0 Å². The highest BCUT2D eigenvalue weighted by Gasteiger charge is 2.14. The second-order valence-electron chi connectivity index (χ2n) is 4.11. The lowest BCUT2D eigenvalue weighted by atomic mass is 10.1. The summed E-state index contributed by atoms with van der Waals surface area (Å²) in [5.74, 6) is 0.811. The van der Waals surface area contributed by atoms with Crippen LogP contribution in [0.1, 0.15) is 19.8 Å². The molecule has 1 unspecified atom stereocenters. The van der Waals surface area contributed by atoms with Gasteiger partial charge < -0.3 is 15.0 Å². The monoisotopic (exact) mass is 214 g/mol. The van der Waals surface area contributed by atoms with Gasteiger partial charge in [0.25, 0.3) is 0 Å². The van der Waals surface area contributed by atoms with Gasteiger partial charge in [0, 0.05) is 20.2 Å². The molecule has 1 heterocycles. The molecule has 1 aliphatic rings. The Hall–Kier alpha value is -0.610. The Kier molecular flexibility index (Phi) is 5.65. The largest absolute Gasteiger partial charge is 0.372 e. The van der Waals surface area contributed by atoms with Crippen LogP contribution in [-0.4, -0.2) is 50.7 Å². The Labute approximate surface area is 92.0 Å². The first kappa shape index (κ1) is 12.5. The highest BCUT2D eigenvalue weighted by atomic mass is 16.5. The second-order valence-corrected chi connectivity index (χ2v) is 4.11. The van der Waals surface area contributed by atoms with Crippen molar-refractivity contribution in [1.82, 2.24) is 10.2 Å². The number of carbonyl (C=O) groups excluding carboxylic acids is 1. The lowest BCUT2D eigenvalue weighted by molar-refractivity contribution is -0.134. The molecule has 0 aromatic carbocycles. The topological polar surface area (TPSA) is 41.6 Å². The van der Waals surface area contributed by atoms with Crippen molar-refractivity contribution in [2.75, 3.05) is 39.9 Å². The normalized spacial score (nSPS) is 20.5. The first-order valence-electron chi connectivity index (χ1n) is 5.76. The Morgan fingerprint density at radius 2 is 2.40 bits per heavy atom. The molecule has 1 atom stereocenters. The number of nitrogens with zero attached hydrogens (tertiary/aromatic N) is 1. The standard InChI is InChI=1S/C11H22N2O2/c1-3-13(2)11(14)9-15-7-5-10-4-6-12-8-10/h10,12H,3-9H2,1-2H3. The fourth-order valence-electron chi connectivity index (χ4n) is 1.66. The van der Waals surface area contributed by atoms with Crippen LogP contribution in [0.15, 0.2) is 0 Å². The molecule has 0 aliphatic carbocycles. The van der Waals surface area contributed by atoms with E-state index in [4.69, 9.17) is 4.74 Å². The predicted molar refractivity (Wildman–Crippen MR) is 59.7 cm³/mol. The molecular weight excluding hydrogens is 192 g/mol. The maximum Gasteiger partial charge on any atom is 0.248 e. The highest BCUT2D eigenvalue weighted by Crippen LogP contribution is 2.11. The summed E-state index contributed by atoms with van der Waals surface area (Å²) in [4.78, 5) is 13.0. The van der Waals surface area contributed by atoms with Crippen molar-refractivity contribution in [2.24, 2.45) is 5.92 Å². The zero-order chi connectivity index (χ0) is 11.1. The summed E-state index contributed by atoms with van der Waals surface area (Å²) >= 11 is 0. The molecule has 1 fully saturated rings. The summed E-state index contributed by atoms with van der Waals surface area (Å²) < 4.78 is 5.36. The van der Waals surface area contributed by atoms with Crippen molar-refractivity contribution in [2.45, 2.75) is 19.8 Å². The summed E-state index contributed by atoms with van der Waals surface area (Å²) in [6, 6.07) is 0. The molecule has 0 radical (unpaired) electrons. The smallest absolute Gasteiger partial charge is 0.248 e. The molecule has 4 nitrogen and oxygen atoms in total. The summed E-state index contributed by atoms with van der Waals surface area (Å²) in [5.41, 5.74) is 0. The molecule has 15 heavy (non-hydrogen) atoms. The van der Waals surface area contributed by atoms with Crippen molar-refractivity contribution in [3.63, 3.8) is 0 Å². The van der Waals surface area contributed by atoms with Gasteiger partial charge >= 0.3 is 0 Å². The molecule has 88 valence electrons. The van der Waals surface area contributed by atoms with Crippen molar-refractivity contribution in [1.29, 1.82) is 0 Å². The number of hydrogen-bond acceptors (Lipinski definition) is 3. The van der Waals surface area contributed by atoms with Gasteiger partial charge in [-0.15, -0.1) is 0 Å². The minimum Gasteiger partial charge on any atom is -0.372 e. The maximum absolute atomic E-state index is 11.4. The average Bonchev–Trinajstić information content (AvgIpc) is 2.75. The second kappa shape index (κ2) is 6.80. The molecule has 0 spiro atoms. The Bertz CT molecular complexity index is 191. The van der Waals surface area contributed by atoms with E-state index in [1.54, 1.807) is 11.9 Å². The van der Waals surface area contributed by atoms with Gasteiger partial charge in [0.05, 0.1) is 0 Å². The minimum atomic E-state index is 0.0713. The molecule has 4 heteroatoms. The first-order valence-corrected chi connectivity index (χ1v) is 5.76. The zero-order valence-electron chi connectivity index (χ0n) is 9.79. The number of ether oxygens (including phenoxy) is 1. The molecule has 1 saturated heterocycles. The molecule has 0 aromatic rings. The number of rotatable bonds is 6. The van der Waals surface area contributed by atoms with Gasteiger partial charge in [-0.25, -0.2) is 0 Å². The van der Waals surface area contributed by atoms with Gasteiger partial charge in [0.2, 0.25) is 5.91 Å². The number of likely N-dealkylation sites (N-methyl/N-ethyl adjacent to an activating group) is 1. The zero-order valence-corrected chi connectivity index (χ0v) is 9.79. The van der Waals surface area contributed by atoms with Crippen LogP contribution >= 0.6 is 0 Å². The summed E-state index contributed by atoms with van der Waals surface area (Å²) in [7, 11) is 1.80. The number of amides is 1. The van der Waals surface area contributed by atoms with Crippen LogP contribution in [0.4, 0.5) is 0 Å². The molecule has 0 saturated carbocycles. The quantitative estimate of drug-likeness (QED) is 0.654. The van der Waals surface area contributed by atoms with Gasteiger partial charge in [0.15, 0.2) is 0 Å². The molecule has 1 rings (SSSR count). The summed E-state index contributed by atoms with van der Waals surface area (Å²) in [6.45, 7) is 5.87. The highest BCUT2D eigenvalue weighted by molar-refractivity contribution is 5.77. The number of hydrogen-bond donors (Lipinski definition) is 1. The predicted octanol–water partition coefficient (Wildman–Crippen LogP) is 0.481. The molecule has 0 aromatic heterocycles. The van der Waals surface area contributed by atoms with E-state index < -0.39 is 0 Å². The van der Waals surface area contributed by atoms with E-state index in [1.807, 2.05) is 6.92 Å². The van der Waals surface area contributed by atoms with Crippen molar-refractivity contribution in [3.05, 3.63) is 0 Å². The average molecular weight is 214 g/mol.